The quantitative estimate of drug-likeness (QED) is 0.448. The fourth-order valence-corrected chi connectivity index (χ4v) is 3.59. The van der Waals surface area contributed by atoms with E-state index in [1.807, 2.05) is 0 Å². The number of nitrogens with one attached hydrogen (secondary N) is 2. The number of benzene rings is 1. The number of hydrogen-bond donors (Lipinski definition) is 2. The van der Waals surface area contributed by atoms with E-state index in [0.717, 1.165) is 0 Å². The minimum Gasteiger partial charge on any atom is -0.364 e. The SMILES string of the molecule is CC(=O)c1nn(CP(=O)(Cl)Cl)c2ccc(NC(=O)NCc3ccon3)cc12. The Morgan fingerprint density at radius 3 is 2.70 bits per heavy atom. The maximum atomic E-state index is 12.0. The number of rotatable bonds is 6. The van der Waals surface area contributed by atoms with Gasteiger partial charge in [0.1, 0.15) is 23.9 Å². The Morgan fingerprint density at radius 2 is 2.07 bits per heavy atom. The number of nitrogens with zero attached hydrogens (tertiary/aromatic N) is 3. The van der Waals surface area contributed by atoms with Gasteiger partial charge in [-0.2, -0.15) is 5.10 Å². The molecular weight excluding hydrogens is 416 g/mol. The summed E-state index contributed by atoms with van der Waals surface area (Å²) in [6.45, 7) is 1.56. The van der Waals surface area contributed by atoms with Gasteiger partial charge in [0, 0.05) is 24.1 Å². The molecule has 2 N–H and O–H groups in total. The standard InChI is InChI=1S/C15H14Cl2N5O4P/c1-9(23)14-12-6-10(19-15(24)18-7-11-4-5-26-21-11)2-3-13(12)22(20-14)8-27(16,17)25/h2-6H,7-8H2,1H3,(H2,18,19,24). The van der Waals surface area contributed by atoms with Crippen molar-refractivity contribution in [3.63, 3.8) is 0 Å². The number of ketones is 1. The molecule has 0 aliphatic rings. The van der Waals surface area contributed by atoms with Crippen LogP contribution in [0, 0.1) is 0 Å². The normalized spacial score (nSPS) is 11.5. The van der Waals surface area contributed by atoms with Crippen molar-refractivity contribution in [2.24, 2.45) is 0 Å². The number of carbonyl (C=O) groups excluding carboxylic acids is 2. The van der Waals surface area contributed by atoms with Crippen molar-refractivity contribution in [1.29, 1.82) is 0 Å². The molecule has 9 nitrogen and oxygen atoms in total. The van der Waals surface area contributed by atoms with Gasteiger partial charge in [-0.25, -0.2) is 4.79 Å². The van der Waals surface area contributed by atoms with E-state index in [0.29, 0.717) is 22.3 Å². The average molecular weight is 430 g/mol. The average Bonchev–Trinajstić information content (AvgIpc) is 3.19. The number of Topliss-reactive ketones (excluding diaryl/α,β-unsaturated/α-hetero) is 1. The zero-order chi connectivity index (χ0) is 19.6. The van der Waals surface area contributed by atoms with Crippen LogP contribution in [0.5, 0.6) is 0 Å². The van der Waals surface area contributed by atoms with Crippen LogP contribution in [-0.4, -0.2) is 26.8 Å². The van der Waals surface area contributed by atoms with Gasteiger partial charge in [0.2, 0.25) is 0 Å². The van der Waals surface area contributed by atoms with Crippen LogP contribution in [0.2, 0.25) is 0 Å². The lowest BCUT2D eigenvalue weighted by Gasteiger charge is -2.07. The smallest absolute Gasteiger partial charge is 0.319 e. The van der Waals surface area contributed by atoms with Gasteiger partial charge in [-0.15, -0.1) is 0 Å². The third-order valence-corrected chi connectivity index (χ3v) is 4.80. The molecule has 27 heavy (non-hydrogen) atoms. The lowest BCUT2D eigenvalue weighted by Crippen LogP contribution is -2.28. The van der Waals surface area contributed by atoms with E-state index in [1.54, 1.807) is 24.3 Å². The van der Waals surface area contributed by atoms with E-state index < -0.39 is 11.9 Å². The van der Waals surface area contributed by atoms with Crippen LogP contribution < -0.4 is 10.6 Å². The van der Waals surface area contributed by atoms with Crippen LogP contribution >= 0.6 is 28.3 Å². The van der Waals surface area contributed by atoms with Crippen LogP contribution in [0.4, 0.5) is 10.5 Å². The van der Waals surface area contributed by atoms with Gasteiger partial charge in [0.25, 0.3) is 5.85 Å². The Labute approximate surface area is 162 Å². The molecule has 142 valence electrons. The van der Waals surface area contributed by atoms with E-state index >= 15 is 0 Å². The molecule has 0 saturated heterocycles. The van der Waals surface area contributed by atoms with Gasteiger partial charge in [-0.1, -0.05) is 5.16 Å². The summed E-state index contributed by atoms with van der Waals surface area (Å²) in [7, 11) is 0. The fourth-order valence-electron chi connectivity index (χ4n) is 2.46. The molecule has 0 saturated carbocycles. The third-order valence-electron chi connectivity index (χ3n) is 3.56. The lowest BCUT2D eigenvalue weighted by molar-refractivity contribution is 0.101. The van der Waals surface area contributed by atoms with Crippen molar-refractivity contribution in [1.82, 2.24) is 20.3 Å². The molecule has 2 amide bonds. The number of aromatic nitrogens is 3. The highest BCUT2D eigenvalue weighted by Gasteiger charge is 2.21. The van der Waals surface area contributed by atoms with E-state index in [2.05, 4.69) is 25.4 Å². The van der Waals surface area contributed by atoms with E-state index in [-0.39, 0.29) is 24.3 Å². The van der Waals surface area contributed by atoms with Crippen LogP contribution in [0.15, 0.2) is 35.1 Å². The monoisotopic (exact) mass is 429 g/mol. The molecular formula is C15H14Cl2N5O4P. The Kier molecular flexibility index (Phi) is 5.55. The molecule has 0 radical (unpaired) electrons. The van der Waals surface area contributed by atoms with Crippen LogP contribution in [0.3, 0.4) is 0 Å². The Hall–Kier alpha value is -2.35. The van der Waals surface area contributed by atoms with Gasteiger partial charge in [-0.3, -0.25) is 14.0 Å². The van der Waals surface area contributed by atoms with Crippen molar-refractivity contribution in [3.8, 4) is 0 Å². The molecule has 0 aliphatic carbocycles. The molecule has 2 aromatic heterocycles. The first kappa shape index (κ1) is 19.4. The second-order valence-electron chi connectivity index (χ2n) is 5.65. The minimum absolute atomic E-state index is 0.165. The number of fused-ring (bicyclic) bond motifs is 1. The number of amides is 2. The van der Waals surface area contributed by atoms with Crippen molar-refractivity contribution < 1.29 is 18.7 Å². The van der Waals surface area contributed by atoms with Crippen LogP contribution in [-0.2, 0) is 17.4 Å². The minimum atomic E-state index is -3.44. The lowest BCUT2D eigenvalue weighted by atomic mass is 10.1. The van der Waals surface area contributed by atoms with Gasteiger partial charge in [-0.05, 0) is 40.7 Å². The molecule has 0 bridgehead atoms. The number of anilines is 1. The molecule has 3 aromatic rings. The third kappa shape index (κ3) is 4.88. The molecule has 12 heteroatoms. The Morgan fingerprint density at radius 1 is 1.30 bits per heavy atom. The summed E-state index contributed by atoms with van der Waals surface area (Å²) in [4.78, 5) is 23.9. The van der Waals surface area contributed by atoms with E-state index in [9.17, 15) is 14.2 Å². The summed E-state index contributed by atoms with van der Waals surface area (Å²) in [5, 5.41) is 13.6. The fraction of sp³-hybridized carbons (Fsp3) is 0.200. The van der Waals surface area contributed by atoms with E-state index in [1.165, 1.54) is 17.9 Å². The summed E-state index contributed by atoms with van der Waals surface area (Å²) in [6.07, 6.45) is 1.18. The molecule has 0 unspecified atom stereocenters. The molecule has 0 fully saturated rings. The summed E-state index contributed by atoms with van der Waals surface area (Å²) in [5.74, 6) is -3.72. The highest BCUT2D eigenvalue weighted by Crippen LogP contribution is 2.58. The molecule has 1 aromatic carbocycles. The molecule has 0 atom stereocenters. The summed E-state index contributed by atoms with van der Waals surface area (Å²) >= 11 is 11.3. The maximum Gasteiger partial charge on any atom is 0.319 e. The number of hydrogen-bond acceptors (Lipinski definition) is 6. The molecule has 0 spiro atoms. The molecule has 3 rings (SSSR count). The zero-order valence-corrected chi connectivity index (χ0v) is 16.4. The first-order valence-corrected chi connectivity index (χ1v) is 11.4. The van der Waals surface area contributed by atoms with Gasteiger partial charge < -0.3 is 15.2 Å². The second-order valence-corrected chi connectivity index (χ2v) is 10.9. The summed E-state index contributed by atoms with van der Waals surface area (Å²) in [5.41, 5.74) is 1.71. The predicted molar refractivity (Wildman–Crippen MR) is 101 cm³/mol. The number of carbonyl (C=O) groups is 2. The van der Waals surface area contributed by atoms with Gasteiger partial charge in [0.15, 0.2) is 5.78 Å². The molecule has 0 aliphatic heterocycles. The molecule has 2 heterocycles. The first-order valence-electron chi connectivity index (χ1n) is 7.67. The van der Waals surface area contributed by atoms with Crippen LogP contribution in [0.1, 0.15) is 23.1 Å². The highest BCUT2D eigenvalue weighted by molar-refractivity contribution is 8.07. The topological polar surface area (TPSA) is 119 Å². The number of halogens is 2. The second kappa shape index (κ2) is 7.72. The predicted octanol–water partition coefficient (Wildman–Crippen LogP) is 4.18. The highest BCUT2D eigenvalue weighted by atomic mass is 35.9. The van der Waals surface area contributed by atoms with Gasteiger partial charge >= 0.3 is 6.03 Å². The van der Waals surface area contributed by atoms with Crippen molar-refractivity contribution >= 4 is 56.7 Å². The zero-order valence-electron chi connectivity index (χ0n) is 14.0. The van der Waals surface area contributed by atoms with Crippen molar-refractivity contribution in [3.05, 3.63) is 41.9 Å². The van der Waals surface area contributed by atoms with Crippen LogP contribution in [0.25, 0.3) is 10.9 Å². The Bertz CT molecular complexity index is 1040. The van der Waals surface area contributed by atoms with E-state index in [4.69, 9.17) is 22.5 Å². The largest absolute Gasteiger partial charge is 0.364 e. The maximum absolute atomic E-state index is 12.0. The number of urea groups is 1. The van der Waals surface area contributed by atoms with Crippen molar-refractivity contribution in [2.75, 3.05) is 5.32 Å². The van der Waals surface area contributed by atoms with Crippen molar-refractivity contribution in [2.45, 2.75) is 19.8 Å². The summed E-state index contributed by atoms with van der Waals surface area (Å²) in [6, 6.07) is 6.02. The van der Waals surface area contributed by atoms with Gasteiger partial charge in [0.05, 0.1) is 12.1 Å². The first-order chi connectivity index (χ1) is 12.7. The summed E-state index contributed by atoms with van der Waals surface area (Å²) < 4.78 is 17.7. The Balaban J connectivity index is 1.83.